The van der Waals surface area contributed by atoms with E-state index in [1.54, 1.807) is 7.11 Å². The molecule has 1 saturated carbocycles. The summed E-state index contributed by atoms with van der Waals surface area (Å²) in [5, 5.41) is 0. The lowest BCUT2D eigenvalue weighted by Crippen LogP contribution is -2.41. The van der Waals surface area contributed by atoms with Crippen molar-refractivity contribution in [3.8, 4) is 5.75 Å². The number of aromatic nitrogens is 1. The molecule has 0 bridgehead atoms. The SMILES string of the molecule is CCCCc1ccc(C(=O)N(Cc2cccn2Cc2cccc(OC)c2)C2CCCCC2)cc1. The Balaban J connectivity index is 1.54. The number of methoxy groups -OCH3 is 1. The number of nitrogens with zero attached hydrogens (tertiary/aromatic N) is 2. The summed E-state index contributed by atoms with van der Waals surface area (Å²) in [6.07, 6.45) is 11.4. The van der Waals surface area contributed by atoms with Gasteiger partial charge in [0.1, 0.15) is 5.75 Å². The quantitative estimate of drug-likeness (QED) is 0.332. The lowest BCUT2D eigenvalue weighted by molar-refractivity contribution is 0.0608. The van der Waals surface area contributed by atoms with Crippen LogP contribution in [0.2, 0.25) is 0 Å². The Morgan fingerprint density at radius 1 is 1.00 bits per heavy atom. The van der Waals surface area contributed by atoms with Gasteiger partial charge in [-0.25, -0.2) is 0 Å². The Kier molecular flexibility index (Phi) is 8.46. The highest BCUT2D eigenvalue weighted by molar-refractivity contribution is 5.94. The Morgan fingerprint density at radius 3 is 2.53 bits per heavy atom. The van der Waals surface area contributed by atoms with Crippen molar-refractivity contribution in [2.45, 2.75) is 77.4 Å². The van der Waals surface area contributed by atoms with Crippen LogP contribution < -0.4 is 4.74 Å². The third-order valence-corrected chi connectivity index (χ3v) is 7.04. The molecule has 2 aromatic carbocycles. The molecule has 0 atom stereocenters. The molecule has 4 heteroatoms. The van der Waals surface area contributed by atoms with Crippen molar-refractivity contribution in [1.82, 2.24) is 9.47 Å². The van der Waals surface area contributed by atoms with E-state index in [-0.39, 0.29) is 5.91 Å². The van der Waals surface area contributed by atoms with Crippen molar-refractivity contribution in [1.29, 1.82) is 0 Å². The molecule has 0 spiro atoms. The van der Waals surface area contributed by atoms with Crippen molar-refractivity contribution < 1.29 is 9.53 Å². The van der Waals surface area contributed by atoms with E-state index in [2.05, 4.69) is 59.0 Å². The van der Waals surface area contributed by atoms with E-state index in [1.165, 1.54) is 48.9 Å². The van der Waals surface area contributed by atoms with Gasteiger partial charge in [0.15, 0.2) is 0 Å². The van der Waals surface area contributed by atoms with Crippen LogP contribution >= 0.6 is 0 Å². The predicted octanol–water partition coefficient (Wildman–Crippen LogP) is 6.86. The minimum atomic E-state index is 0.156. The second-order valence-corrected chi connectivity index (χ2v) is 9.50. The van der Waals surface area contributed by atoms with E-state index < -0.39 is 0 Å². The summed E-state index contributed by atoms with van der Waals surface area (Å²) in [5.74, 6) is 1.02. The number of ether oxygens (including phenoxy) is 1. The highest BCUT2D eigenvalue weighted by Crippen LogP contribution is 2.26. The standard InChI is InChI=1S/C30H38N2O2/c1-3-4-10-24-16-18-26(19-17-24)30(33)32(27-12-6-5-7-13-27)23-28-14-9-20-31(28)22-25-11-8-15-29(21-25)34-2/h8-9,11,14-21,27H,3-7,10,12-13,22-23H2,1-2H3. The number of hydrogen-bond donors (Lipinski definition) is 0. The molecule has 3 aromatic rings. The molecule has 1 aromatic heterocycles. The van der Waals surface area contributed by atoms with Crippen LogP contribution in [-0.2, 0) is 19.5 Å². The van der Waals surface area contributed by atoms with Gasteiger partial charge in [-0.2, -0.15) is 0 Å². The average Bonchev–Trinajstić information content (AvgIpc) is 3.33. The number of amides is 1. The first-order valence-electron chi connectivity index (χ1n) is 12.8. The number of benzene rings is 2. The normalized spacial score (nSPS) is 14.2. The van der Waals surface area contributed by atoms with Crippen molar-refractivity contribution in [2.75, 3.05) is 7.11 Å². The smallest absolute Gasteiger partial charge is 0.254 e. The molecule has 34 heavy (non-hydrogen) atoms. The summed E-state index contributed by atoms with van der Waals surface area (Å²) in [6, 6.07) is 21.1. The third kappa shape index (κ3) is 6.11. The third-order valence-electron chi connectivity index (χ3n) is 7.04. The molecule has 1 heterocycles. The van der Waals surface area contributed by atoms with E-state index in [0.717, 1.165) is 37.1 Å². The zero-order chi connectivity index (χ0) is 23.8. The van der Waals surface area contributed by atoms with Gasteiger partial charge in [0.2, 0.25) is 0 Å². The minimum absolute atomic E-state index is 0.156. The molecule has 4 rings (SSSR count). The highest BCUT2D eigenvalue weighted by Gasteiger charge is 2.27. The van der Waals surface area contributed by atoms with Crippen LogP contribution in [0.4, 0.5) is 0 Å². The van der Waals surface area contributed by atoms with Crippen LogP contribution in [-0.4, -0.2) is 28.5 Å². The average molecular weight is 459 g/mol. The second-order valence-electron chi connectivity index (χ2n) is 9.50. The van der Waals surface area contributed by atoms with Gasteiger partial charge in [-0.1, -0.05) is 56.9 Å². The zero-order valence-electron chi connectivity index (χ0n) is 20.7. The van der Waals surface area contributed by atoms with E-state index in [1.807, 2.05) is 24.3 Å². The van der Waals surface area contributed by atoms with Gasteiger partial charge in [-0.05, 0) is 73.2 Å². The maximum absolute atomic E-state index is 13.7. The topological polar surface area (TPSA) is 34.5 Å². The lowest BCUT2D eigenvalue weighted by Gasteiger charge is -2.35. The van der Waals surface area contributed by atoms with Crippen LogP contribution in [0.3, 0.4) is 0 Å². The molecule has 0 aliphatic heterocycles. The van der Waals surface area contributed by atoms with Gasteiger partial charge in [-0.3, -0.25) is 4.79 Å². The van der Waals surface area contributed by atoms with E-state index in [0.29, 0.717) is 12.6 Å². The number of aryl methyl sites for hydroxylation is 1. The molecule has 0 N–H and O–H groups in total. The molecule has 180 valence electrons. The van der Waals surface area contributed by atoms with Gasteiger partial charge in [0.25, 0.3) is 5.91 Å². The highest BCUT2D eigenvalue weighted by atomic mass is 16.5. The number of unbranched alkanes of at least 4 members (excludes halogenated alkanes) is 1. The van der Waals surface area contributed by atoms with Crippen LogP contribution in [0.5, 0.6) is 5.75 Å². The van der Waals surface area contributed by atoms with Crippen molar-refractivity contribution in [3.63, 3.8) is 0 Å². The van der Waals surface area contributed by atoms with E-state index >= 15 is 0 Å². The van der Waals surface area contributed by atoms with Gasteiger partial charge >= 0.3 is 0 Å². The Hall–Kier alpha value is -3.01. The largest absolute Gasteiger partial charge is 0.497 e. The first-order chi connectivity index (χ1) is 16.7. The van der Waals surface area contributed by atoms with Crippen LogP contribution in [0, 0.1) is 0 Å². The fourth-order valence-electron chi connectivity index (χ4n) is 5.01. The van der Waals surface area contributed by atoms with Gasteiger partial charge in [0.05, 0.1) is 13.7 Å². The fraction of sp³-hybridized carbons (Fsp3) is 0.433. The number of hydrogen-bond acceptors (Lipinski definition) is 2. The Bertz CT molecular complexity index is 1050. The zero-order valence-corrected chi connectivity index (χ0v) is 20.7. The summed E-state index contributed by atoms with van der Waals surface area (Å²) in [6.45, 7) is 3.61. The minimum Gasteiger partial charge on any atom is -0.497 e. The van der Waals surface area contributed by atoms with Gasteiger partial charge in [-0.15, -0.1) is 0 Å². The fourth-order valence-corrected chi connectivity index (χ4v) is 5.01. The summed E-state index contributed by atoms with van der Waals surface area (Å²) in [7, 11) is 1.70. The van der Waals surface area contributed by atoms with Gasteiger partial charge in [0, 0.05) is 30.0 Å². The summed E-state index contributed by atoms with van der Waals surface area (Å²) >= 11 is 0. The number of carbonyl (C=O) groups excluding carboxylic acids is 1. The number of carbonyl (C=O) groups is 1. The summed E-state index contributed by atoms with van der Waals surface area (Å²) < 4.78 is 7.65. The van der Waals surface area contributed by atoms with E-state index in [9.17, 15) is 4.79 Å². The van der Waals surface area contributed by atoms with Gasteiger partial charge < -0.3 is 14.2 Å². The molecule has 1 fully saturated rings. The Morgan fingerprint density at radius 2 is 1.79 bits per heavy atom. The molecule has 1 aliphatic carbocycles. The molecule has 0 unspecified atom stereocenters. The van der Waals surface area contributed by atoms with Crippen LogP contribution in [0.15, 0.2) is 66.9 Å². The second kappa shape index (κ2) is 11.9. The summed E-state index contributed by atoms with van der Waals surface area (Å²) in [5.41, 5.74) is 4.47. The Labute approximate surface area is 204 Å². The molecule has 1 amide bonds. The number of rotatable bonds is 10. The van der Waals surface area contributed by atoms with Crippen molar-refractivity contribution in [2.24, 2.45) is 0 Å². The molecule has 0 radical (unpaired) electrons. The monoisotopic (exact) mass is 458 g/mol. The van der Waals surface area contributed by atoms with Crippen molar-refractivity contribution >= 4 is 5.91 Å². The van der Waals surface area contributed by atoms with E-state index in [4.69, 9.17) is 4.74 Å². The lowest BCUT2D eigenvalue weighted by atomic mass is 9.93. The van der Waals surface area contributed by atoms with Crippen LogP contribution in [0.25, 0.3) is 0 Å². The predicted molar refractivity (Wildman–Crippen MR) is 138 cm³/mol. The maximum atomic E-state index is 13.7. The first-order valence-corrected chi connectivity index (χ1v) is 12.8. The molecule has 0 saturated heterocycles. The maximum Gasteiger partial charge on any atom is 0.254 e. The van der Waals surface area contributed by atoms with Crippen LogP contribution in [0.1, 0.15) is 79.0 Å². The molecular formula is C30H38N2O2. The van der Waals surface area contributed by atoms with Crippen molar-refractivity contribution in [3.05, 3.63) is 89.2 Å². The molecular weight excluding hydrogens is 420 g/mol. The summed E-state index contributed by atoms with van der Waals surface area (Å²) in [4.78, 5) is 15.9. The molecule has 1 aliphatic rings. The first kappa shape index (κ1) is 24.1. The molecule has 4 nitrogen and oxygen atoms in total.